The number of hydrogen-bond donors (Lipinski definition) is 1. The fourth-order valence-corrected chi connectivity index (χ4v) is 5.33. The average molecular weight is 388 g/mol. The minimum atomic E-state index is -3.78. The number of benzene rings is 4. The highest BCUT2D eigenvalue weighted by Crippen LogP contribution is 2.41. The van der Waals surface area contributed by atoms with E-state index in [4.69, 9.17) is 0 Å². The van der Waals surface area contributed by atoms with Gasteiger partial charge in [0.15, 0.2) is 9.84 Å². The lowest BCUT2D eigenvalue weighted by Crippen LogP contribution is -2.15. The minimum Gasteiger partial charge on any atom is -0.507 e. The van der Waals surface area contributed by atoms with Gasteiger partial charge in [0, 0.05) is 10.9 Å². The van der Waals surface area contributed by atoms with Crippen molar-refractivity contribution in [3.63, 3.8) is 0 Å². The lowest BCUT2D eigenvalue weighted by Gasteiger charge is -2.21. The van der Waals surface area contributed by atoms with E-state index >= 15 is 0 Å². The van der Waals surface area contributed by atoms with Gasteiger partial charge in [0.05, 0.1) is 4.90 Å². The predicted octanol–water partition coefficient (Wildman–Crippen LogP) is 5.42. The molecule has 0 saturated carbocycles. The van der Waals surface area contributed by atoms with Crippen LogP contribution >= 0.6 is 0 Å². The summed E-state index contributed by atoms with van der Waals surface area (Å²) in [4.78, 5) is 0.236. The number of phenols is 1. The van der Waals surface area contributed by atoms with E-state index in [0.717, 1.165) is 10.9 Å². The van der Waals surface area contributed by atoms with Gasteiger partial charge in [0.2, 0.25) is 0 Å². The molecule has 3 nitrogen and oxygen atoms in total. The van der Waals surface area contributed by atoms with Crippen molar-refractivity contribution in [2.75, 3.05) is 0 Å². The largest absolute Gasteiger partial charge is 0.507 e. The number of aryl methyl sites for hydroxylation is 1. The van der Waals surface area contributed by atoms with Crippen LogP contribution in [0.15, 0.2) is 95.9 Å². The molecule has 0 aliphatic carbocycles. The van der Waals surface area contributed by atoms with Gasteiger partial charge in [-0.1, -0.05) is 84.4 Å². The summed E-state index contributed by atoms with van der Waals surface area (Å²) >= 11 is 0. The Balaban J connectivity index is 1.98. The molecule has 0 heterocycles. The lowest BCUT2D eigenvalue weighted by atomic mass is 9.99. The molecule has 140 valence electrons. The van der Waals surface area contributed by atoms with E-state index in [1.165, 1.54) is 0 Å². The summed E-state index contributed by atoms with van der Waals surface area (Å²) in [6, 6.07) is 26.8. The molecule has 4 aromatic carbocycles. The number of sulfone groups is 1. The van der Waals surface area contributed by atoms with Crippen LogP contribution in [-0.4, -0.2) is 13.5 Å². The van der Waals surface area contributed by atoms with E-state index in [0.29, 0.717) is 16.5 Å². The Morgan fingerprint density at radius 3 is 2.11 bits per heavy atom. The zero-order valence-corrected chi connectivity index (χ0v) is 16.2. The molecule has 4 rings (SSSR count). The third kappa shape index (κ3) is 3.16. The van der Waals surface area contributed by atoms with Crippen molar-refractivity contribution >= 4 is 20.6 Å². The topological polar surface area (TPSA) is 54.4 Å². The standard InChI is InChI=1S/C24H20O3S/c1-17-11-14-20(15-12-17)28(26,27)24(19-8-3-2-4-9-19)22-16-13-18-7-5-6-10-21(18)23(22)25/h2-16,24-25H,1H3. The number of phenolic OH excluding ortho intramolecular Hbond substituents is 1. The second-order valence-corrected chi connectivity index (χ2v) is 8.91. The van der Waals surface area contributed by atoms with Gasteiger partial charge in [-0.15, -0.1) is 0 Å². The van der Waals surface area contributed by atoms with Crippen molar-refractivity contribution in [1.29, 1.82) is 0 Å². The molecular weight excluding hydrogens is 368 g/mol. The molecule has 1 N–H and O–H groups in total. The van der Waals surface area contributed by atoms with Gasteiger partial charge >= 0.3 is 0 Å². The highest BCUT2D eigenvalue weighted by atomic mass is 32.2. The maximum atomic E-state index is 13.6. The molecular formula is C24H20O3S. The van der Waals surface area contributed by atoms with Crippen molar-refractivity contribution in [3.05, 3.63) is 108 Å². The second-order valence-electron chi connectivity index (χ2n) is 6.87. The van der Waals surface area contributed by atoms with Gasteiger partial charge in [-0.05, 0) is 30.0 Å². The Labute approximate surface area is 164 Å². The van der Waals surface area contributed by atoms with Crippen molar-refractivity contribution in [1.82, 2.24) is 0 Å². The summed E-state index contributed by atoms with van der Waals surface area (Å²) in [6.45, 7) is 1.92. The minimum absolute atomic E-state index is 0.00244. The van der Waals surface area contributed by atoms with Gasteiger partial charge < -0.3 is 5.11 Å². The van der Waals surface area contributed by atoms with E-state index in [1.807, 2.05) is 49.4 Å². The molecule has 4 aromatic rings. The number of rotatable bonds is 4. The van der Waals surface area contributed by atoms with Crippen molar-refractivity contribution in [2.45, 2.75) is 17.1 Å². The first kappa shape index (κ1) is 18.3. The molecule has 1 atom stereocenters. The smallest absolute Gasteiger partial charge is 0.189 e. The van der Waals surface area contributed by atoms with E-state index in [9.17, 15) is 13.5 Å². The quantitative estimate of drug-likeness (QED) is 0.508. The summed E-state index contributed by atoms with van der Waals surface area (Å²) in [5.74, 6) is 0.00244. The van der Waals surface area contributed by atoms with Crippen molar-refractivity contribution in [2.24, 2.45) is 0 Å². The molecule has 0 aromatic heterocycles. The number of fused-ring (bicyclic) bond motifs is 1. The highest BCUT2D eigenvalue weighted by Gasteiger charge is 2.33. The third-order valence-corrected chi connectivity index (χ3v) is 7.05. The van der Waals surface area contributed by atoms with Crippen LogP contribution in [0.3, 0.4) is 0 Å². The summed E-state index contributed by atoms with van der Waals surface area (Å²) in [5, 5.41) is 11.5. The fraction of sp³-hybridized carbons (Fsp3) is 0.0833. The van der Waals surface area contributed by atoms with Crippen LogP contribution in [0.2, 0.25) is 0 Å². The summed E-state index contributed by atoms with van der Waals surface area (Å²) in [6.07, 6.45) is 0. The normalized spacial score (nSPS) is 12.8. The van der Waals surface area contributed by atoms with E-state index in [2.05, 4.69) is 0 Å². The molecule has 0 fully saturated rings. The first-order valence-corrected chi connectivity index (χ1v) is 10.6. The molecule has 0 amide bonds. The van der Waals surface area contributed by atoms with Crippen LogP contribution in [0, 0.1) is 6.92 Å². The Hall–Kier alpha value is -3.11. The monoisotopic (exact) mass is 388 g/mol. The molecule has 0 bridgehead atoms. The Morgan fingerprint density at radius 2 is 1.39 bits per heavy atom. The molecule has 4 heteroatoms. The van der Waals surface area contributed by atoms with Crippen LogP contribution in [0.4, 0.5) is 0 Å². The maximum Gasteiger partial charge on any atom is 0.189 e. The molecule has 0 aliphatic heterocycles. The molecule has 0 spiro atoms. The zero-order chi connectivity index (χ0) is 19.7. The Bertz CT molecular complexity index is 1230. The average Bonchev–Trinajstić information content (AvgIpc) is 2.71. The molecule has 1 unspecified atom stereocenters. The van der Waals surface area contributed by atoms with E-state index in [-0.39, 0.29) is 10.6 Å². The van der Waals surface area contributed by atoms with Gasteiger partial charge in [-0.25, -0.2) is 8.42 Å². The fourth-order valence-electron chi connectivity index (χ4n) is 3.50. The number of hydrogen-bond acceptors (Lipinski definition) is 3. The SMILES string of the molecule is Cc1ccc(S(=O)(=O)C(c2ccccc2)c2ccc3ccccc3c2O)cc1. The van der Waals surface area contributed by atoms with E-state index in [1.54, 1.807) is 48.5 Å². The van der Waals surface area contributed by atoms with Gasteiger partial charge in [0.25, 0.3) is 0 Å². The third-order valence-electron chi connectivity index (χ3n) is 4.98. The zero-order valence-electron chi connectivity index (χ0n) is 15.4. The van der Waals surface area contributed by atoms with Crippen LogP contribution in [0.5, 0.6) is 5.75 Å². The molecule has 0 saturated heterocycles. The Kier molecular flexibility index (Phi) is 4.65. The van der Waals surface area contributed by atoms with E-state index < -0.39 is 15.1 Å². The number of aromatic hydroxyl groups is 1. The van der Waals surface area contributed by atoms with Crippen molar-refractivity contribution in [3.8, 4) is 5.75 Å². The second kappa shape index (κ2) is 7.13. The van der Waals surface area contributed by atoms with Gasteiger partial charge in [0.1, 0.15) is 11.0 Å². The molecule has 0 aliphatic rings. The highest BCUT2D eigenvalue weighted by molar-refractivity contribution is 7.92. The molecule has 0 radical (unpaired) electrons. The Morgan fingerprint density at radius 1 is 0.750 bits per heavy atom. The van der Waals surface area contributed by atoms with Crippen LogP contribution in [0.1, 0.15) is 21.9 Å². The van der Waals surface area contributed by atoms with Crippen LogP contribution < -0.4 is 0 Å². The van der Waals surface area contributed by atoms with Crippen molar-refractivity contribution < 1.29 is 13.5 Å². The van der Waals surface area contributed by atoms with Gasteiger partial charge in [-0.2, -0.15) is 0 Å². The first-order chi connectivity index (χ1) is 13.5. The summed E-state index contributed by atoms with van der Waals surface area (Å²) in [7, 11) is -3.78. The van der Waals surface area contributed by atoms with Crippen LogP contribution in [0.25, 0.3) is 10.8 Å². The lowest BCUT2D eigenvalue weighted by molar-refractivity contribution is 0.474. The maximum absolute atomic E-state index is 13.6. The van der Waals surface area contributed by atoms with Gasteiger partial charge in [-0.3, -0.25) is 0 Å². The first-order valence-electron chi connectivity index (χ1n) is 9.04. The van der Waals surface area contributed by atoms with Crippen LogP contribution in [-0.2, 0) is 9.84 Å². The summed E-state index contributed by atoms with van der Waals surface area (Å²) in [5.41, 5.74) is 1.99. The predicted molar refractivity (Wildman–Crippen MR) is 112 cm³/mol. The summed E-state index contributed by atoms with van der Waals surface area (Å²) < 4.78 is 27.2. The molecule has 28 heavy (non-hydrogen) atoms.